The molecule has 5 rings (SSSR count). The topological polar surface area (TPSA) is 100 Å². The average Bonchev–Trinajstić information content (AvgIpc) is 3.40. The van der Waals surface area contributed by atoms with E-state index in [9.17, 15) is 18.4 Å². The Morgan fingerprint density at radius 3 is 2.04 bits per heavy atom. The van der Waals surface area contributed by atoms with Crippen molar-refractivity contribution >= 4 is 45.7 Å². The molecule has 230 valence electrons. The van der Waals surface area contributed by atoms with Crippen molar-refractivity contribution in [2.75, 3.05) is 23.7 Å². The van der Waals surface area contributed by atoms with Gasteiger partial charge in [0.25, 0.3) is 0 Å². The zero-order valence-electron chi connectivity index (χ0n) is 24.2. The van der Waals surface area contributed by atoms with Gasteiger partial charge < -0.3 is 10.2 Å². The lowest BCUT2D eigenvalue weighted by atomic mass is 9.88. The Morgan fingerprint density at radius 2 is 1.47 bits per heavy atom. The lowest BCUT2D eigenvalue weighted by Crippen LogP contribution is -2.38. The average molecular weight is 647 g/mol. The third-order valence-electron chi connectivity index (χ3n) is 7.02. The molecule has 0 saturated heterocycles. The fraction of sp³-hybridized carbons (Fsp3) is 0.182. The molecule has 8 nitrogen and oxygen atoms in total. The molecule has 2 heterocycles. The maximum atomic E-state index is 13.7. The standard InChI is InChI=1S/C33H29ClF2N6O2S/c1-21(43)39-27-13-7-24(8-14-27)30-31(34)45-32(40-30)41-33(44)42(20-16-29-37-17-2-18-38-29)19-15-28(22-3-9-25(35)10-4-22)23-5-11-26(36)12-6-23/h2-14,17-18,28H,15-16,19-20H2,1H3,(H,39,43)(H,40,41,44). The van der Waals surface area contributed by atoms with Gasteiger partial charge in [-0.15, -0.1) is 0 Å². The number of carbonyl (C=O) groups is 2. The number of nitrogens with one attached hydrogen (secondary N) is 2. The number of rotatable bonds is 11. The Balaban J connectivity index is 1.35. The lowest BCUT2D eigenvalue weighted by Gasteiger charge is -2.26. The molecule has 5 aromatic rings. The summed E-state index contributed by atoms with van der Waals surface area (Å²) in [5.41, 5.74) is 3.56. The molecule has 0 fully saturated rings. The van der Waals surface area contributed by atoms with Crippen molar-refractivity contribution in [2.45, 2.75) is 25.7 Å². The van der Waals surface area contributed by atoms with Crippen molar-refractivity contribution < 1.29 is 18.4 Å². The fourth-order valence-electron chi connectivity index (χ4n) is 4.83. The molecule has 0 atom stereocenters. The number of thiazole rings is 1. The van der Waals surface area contributed by atoms with Gasteiger partial charge in [-0.3, -0.25) is 10.1 Å². The number of anilines is 2. The first-order chi connectivity index (χ1) is 21.7. The van der Waals surface area contributed by atoms with E-state index >= 15 is 0 Å². The predicted molar refractivity (Wildman–Crippen MR) is 172 cm³/mol. The van der Waals surface area contributed by atoms with E-state index in [1.807, 2.05) is 0 Å². The van der Waals surface area contributed by atoms with Crippen LogP contribution in [0.4, 0.5) is 24.4 Å². The molecule has 0 bridgehead atoms. The highest BCUT2D eigenvalue weighted by atomic mass is 35.5. The monoisotopic (exact) mass is 646 g/mol. The third-order valence-corrected chi connectivity index (χ3v) is 8.19. The normalized spacial score (nSPS) is 11.0. The molecule has 2 aromatic heterocycles. The minimum absolute atomic E-state index is 0.176. The van der Waals surface area contributed by atoms with Gasteiger partial charge in [-0.05, 0) is 60.0 Å². The van der Waals surface area contributed by atoms with E-state index in [2.05, 4.69) is 25.6 Å². The highest BCUT2D eigenvalue weighted by Crippen LogP contribution is 2.36. The number of urea groups is 1. The molecular formula is C33H29ClF2N6O2S. The number of amides is 3. The van der Waals surface area contributed by atoms with E-state index in [0.717, 1.165) is 28.0 Å². The number of nitrogens with zero attached hydrogens (tertiary/aromatic N) is 4. The van der Waals surface area contributed by atoms with E-state index < -0.39 is 0 Å². The van der Waals surface area contributed by atoms with Crippen molar-refractivity contribution in [3.8, 4) is 11.3 Å². The summed E-state index contributed by atoms with van der Waals surface area (Å²) >= 11 is 7.66. The first-order valence-corrected chi connectivity index (χ1v) is 15.3. The molecule has 0 unspecified atom stereocenters. The minimum atomic E-state index is -0.388. The second kappa shape index (κ2) is 14.8. The van der Waals surface area contributed by atoms with Crippen molar-refractivity contribution in [3.63, 3.8) is 0 Å². The molecule has 45 heavy (non-hydrogen) atoms. The van der Waals surface area contributed by atoms with Gasteiger partial charge in [0.2, 0.25) is 5.91 Å². The zero-order chi connectivity index (χ0) is 31.8. The van der Waals surface area contributed by atoms with Crippen LogP contribution in [0.3, 0.4) is 0 Å². The van der Waals surface area contributed by atoms with Crippen LogP contribution in [0.25, 0.3) is 11.3 Å². The molecule has 0 saturated carbocycles. The molecule has 3 amide bonds. The van der Waals surface area contributed by atoms with Gasteiger partial charge in [-0.1, -0.05) is 59.3 Å². The van der Waals surface area contributed by atoms with Crippen molar-refractivity contribution in [2.24, 2.45) is 0 Å². The van der Waals surface area contributed by atoms with Crippen molar-refractivity contribution in [1.82, 2.24) is 19.9 Å². The molecule has 12 heteroatoms. The van der Waals surface area contributed by atoms with Gasteiger partial charge in [0, 0.05) is 56.0 Å². The van der Waals surface area contributed by atoms with Crippen LogP contribution >= 0.6 is 22.9 Å². The fourth-order valence-corrected chi connectivity index (χ4v) is 5.90. The Morgan fingerprint density at radius 1 is 0.867 bits per heavy atom. The van der Waals surface area contributed by atoms with Crippen LogP contribution < -0.4 is 10.6 Å². The summed E-state index contributed by atoms with van der Waals surface area (Å²) in [5.74, 6) is -0.525. The number of aromatic nitrogens is 3. The van der Waals surface area contributed by atoms with Crippen LogP contribution in [0.5, 0.6) is 0 Å². The SMILES string of the molecule is CC(=O)Nc1ccc(-c2nc(NC(=O)N(CCc3ncccn3)CCC(c3ccc(F)cc3)c3ccc(F)cc3)sc2Cl)cc1. The maximum absolute atomic E-state index is 13.7. The summed E-state index contributed by atoms with van der Waals surface area (Å²) in [5, 5.41) is 5.91. The summed E-state index contributed by atoms with van der Waals surface area (Å²) in [6.07, 6.45) is 4.18. The summed E-state index contributed by atoms with van der Waals surface area (Å²) in [6, 6.07) is 20.8. The number of carbonyl (C=O) groups excluding carboxylic acids is 2. The smallest absolute Gasteiger partial charge is 0.323 e. The molecule has 2 N–H and O–H groups in total. The van der Waals surface area contributed by atoms with Gasteiger partial charge in [-0.2, -0.15) is 0 Å². The van der Waals surface area contributed by atoms with Crippen LogP contribution in [-0.2, 0) is 11.2 Å². The number of hydrogen-bond donors (Lipinski definition) is 2. The Bertz CT molecular complexity index is 1690. The Labute approximate surface area is 268 Å². The minimum Gasteiger partial charge on any atom is -0.326 e. The third kappa shape index (κ3) is 8.68. The quantitative estimate of drug-likeness (QED) is 0.153. The number of halogens is 3. The van der Waals surface area contributed by atoms with Gasteiger partial charge in [0.05, 0.1) is 0 Å². The first-order valence-electron chi connectivity index (χ1n) is 14.1. The number of hydrogen-bond acceptors (Lipinski definition) is 6. The van der Waals surface area contributed by atoms with Gasteiger partial charge in [0.1, 0.15) is 27.5 Å². The van der Waals surface area contributed by atoms with Crippen LogP contribution in [0.2, 0.25) is 4.34 Å². The van der Waals surface area contributed by atoms with Crippen LogP contribution in [0.15, 0.2) is 91.3 Å². The summed E-state index contributed by atoms with van der Waals surface area (Å²) in [6.45, 7) is 2.06. The second-order valence-corrected chi connectivity index (χ2v) is 11.8. The molecule has 0 aliphatic carbocycles. The molecule has 0 aliphatic rings. The van der Waals surface area contributed by atoms with Gasteiger partial charge in [0.15, 0.2) is 5.13 Å². The molecule has 3 aromatic carbocycles. The second-order valence-electron chi connectivity index (χ2n) is 10.2. The van der Waals surface area contributed by atoms with E-state index in [4.69, 9.17) is 11.6 Å². The van der Waals surface area contributed by atoms with Crippen LogP contribution in [0.1, 0.15) is 36.2 Å². The predicted octanol–water partition coefficient (Wildman–Crippen LogP) is 7.79. The van der Waals surface area contributed by atoms with E-state index in [-0.39, 0.29) is 29.5 Å². The number of benzene rings is 3. The lowest BCUT2D eigenvalue weighted by molar-refractivity contribution is -0.114. The zero-order valence-corrected chi connectivity index (χ0v) is 25.8. The Hall–Kier alpha value is -4.74. The van der Waals surface area contributed by atoms with E-state index in [1.165, 1.54) is 31.2 Å². The largest absolute Gasteiger partial charge is 0.326 e. The highest BCUT2D eigenvalue weighted by Gasteiger charge is 2.22. The summed E-state index contributed by atoms with van der Waals surface area (Å²) in [7, 11) is 0. The Kier molecular flexibility index (Phi) is 10.4. The molecule has 0 radical (unpaired) electrons. The van der Waals surface area contributed by atoms with E-state index in [0.29, 0.717) is 52.6 Å². The molecular weight excluding hydrogens is 618 g/mol. The highest BCUT2D eigenvalue weighted by molar-refractivity contribution is 7.20. The van der Waals surface area contributed by atoms with Gasteiger partial charge >= 0.3 is 6.03 Å². The molecule has 0 aliphatic heterocycles. The van der Waals surface area contributed by atoms with Gasteiger partial charge in [-0.25, -0.2) is 28.5 Å². The van der Waals surface area contributed by atoms with Crippen LogP contribution in [0, 0.1) is 11.6 Å². The van der Waals surface area contributed by atoms with Crippen LogP contribution in [-0.4, -0.2) is 44.9 Å². The van der Waals surface area contributed by atoms with Crippen molar-refractivity contribution in [3.05, 3.63) is 124 Å². The molecule has 0 spiro atoms. The maximum Gasteiger partial charge on any atom is 0.323 e. The van der Waals surface area contributed by atoms with E-state index in [1.54, 1.807) is 71.9 Å². The van der Waals surface area contributed by atoms with Crippen molar-refractivity contribution in [1.29, 1.82) is 0 Å². The summed E-state index contributed by atoms with van der Waals surface area (Å²) in [4.78, 5) is 39.8. The first kappa shape index (κ1) is 31.7. The summed E-state index contributed by atoms with van der Waals surface area (Å²) < 4.78 is 27.9.